The Morgan fingerprint density at radius 1 is 1.31 bits per heavy atom. The average Bonchev–Trinajstić information content (AvgIpc) is 3.09. The van der Waals surface area contributed by atoms with Crippen LogP contribution in [0.5, 0.6) is 11.8 Å². The lowest BCUT2D eigenvalue weighted by molar-refractivity contribution is -0.125. The number of hydrogen-bond acceptors (Lipinski definition) is 5. The quantitative estimate of drug-likeness (QED) is 0.739. The SMILES string of the molecule is COc1nc(OC2CCC(F)(F)CC2)c(F)cc1CNC(=O)[C@H]1CCCN1C.Cl. The number of pyridine rings is 1. The Labute approximate surface area is 174 Å². The molecule has 1 amide bonds. The topological polar surface area (TPSA) is 63.7 Å². The molecule has 1 aromatic rings. The van der Waals surface area contributed by atoms with Gasteiger partial charge in [-0.3, -0.25) is 9.69 Å². The number of likely N-dealkylation sites (N-methyl/N-ethyl adjacent to an activating group) is 1. The summed E-state index contributed by atoms with van der Waals surface area (Å²) < 4.78 is 51.7. The molecule has 1 saturated heterocycles. The van der Waals surface area contributed by atoms with Gasteiger partial charge < -0.3 is 14.8 Å². The van der Waals surface area contributed by atoms with Crippen LogP contribution in [0.1, 0.15) is 44.1 Å². The molecule has 0 bridgehead atoms. The first-order valence-corrected chi connectivity index (χ1v) is 9.55. The van der Waals surface area contributed by atoms with Crippen LogP contribution in [0.4, 0.5) is 13.2 Å². The summed E-state index contributed by atoms with van der Waals surface area (Å²) in [5, 5.41) is 2.79. The largest absolute Gasteiger partial charge is 0.481 e. The molecule has 1 saturated carbocycles. The van der Waals surface area contributed by atoms with Gasteiger partial charge in [0.15, 0.2) is 5.82 Å². The fourth-order valence-corrected chi connectivity index (χ4v) is 3.71. The maximum absolute atomic E-state index is 14.4. The summed E-state index contributed by atoms with van der Waals surface area (Å²) in [4.78, 5) is 18.3. The van der Waals surface area contributed by atoms with Crippen LogP contribution in [0.25, 0.3) is 0 Å². The number of aromatic nitrogens is 1. The van der Waals surface area contributed by atoms with Crippen molar-refractivity contribution in [2.24, 2.45) is 0 Å². The number of nitrogens with one attached hydrogen (secondary N) is 1. The fraction of sp³-hybridized carbons (Fsp3) is 0.684. The third-order valence-corrected chi connectivity index (χ3v) is 5.40. The molecule has 29 heavy (non-hydrogen) atoms. The molecule has 1 aromatic heterocycles. The van der Waals surface area contributed by atoms with Crippen LogP contribution >= 0.6 is 12.4 Å². The highest BCUT2D eigenvalue weighted by atomic mass is 35.5. The van der Waals surface area contributed by atoms with E-state index in [4.69, 9.17) is 9.47 Å². The average molecular weight is 438 g/mol. The second-order valence-electron chi connectivity index (χ2n) is 7.47. The van der Waals surface area contributed by atoms with Crippen LogP contribution in [0, 0.1) is 5.82 Å². The molecule has 6 nitrogen and oxygen atoms in total. The minimum atomic E-state index is -2.68. The van der Waals surface area contributed by atoms with E-state index in [1.54, 1.807) is 0 Å². The molecule has 164 valence electrons. The third-order valence-electron chi connectivity index (χ3n) is 5.40. The molecule has 0 unspecified atom stereocenters. The van der Waals surface area contributed by atoms with Gasteiger partial charge in [-0.15, -0.1) is 12.4 Å². The molecule has 2 fully saturated rings. The highest BCUT2D eigenvalue weighted by molar-refractivity contribution is 5.85. The van der Waals surface area contributed by atoms with Gasteiger partial charge in [0.2, 0.25) is 17.7 Å². The van der Waals surface area contributed by atoms with Crippen LogP contribution in [-0.4, -0.2) is 54.6 Å². The number of nitrogens with zero attached hydrogens (tertiary/aromatic N) is 2. The Bertz CT molecular complexity index is 713. The number of rotatable bonds is 6. The van der Waals surface area contributed by atoms with Gasteiger partial charge in [-0.2, -0.15) is 4.98 Å². The van der Waals surface area contributed by atoms with E-state index in [-0.39, 0.29) is 68.3 Å². The number of methoxy groups -OCH3 is 1. The Morgan fingerprint density at radius 2 is 2.00 bits per heavy atom. The zero-order valence-electron chi connectivity index (χ0n) is 16.6. The first-order chi connectivity index (χ1) is 13.3. The van der Waals surface area contributed by atoms with Crippen molar-refractivity contribution >= 4 is 18.3 Å². The molecule has 1 atom stereocenters. The predicted molar refractivity (Wildman–Crippen MR) is 103 cm³/mol. The van der Waals surface area contributed by atoms with Crippen molar-refractivity contribution in [1.82, 2.24) is 15.2 Å². The van der Waals surface area contributed by atoms with Gasteiger partial charge in [-0.05, 0) is 45.3 Å². The molecule has 0 aromatic carbocycles. The van der Waals surface area contributed by atoms with Gasteiger partial charge in [0.25, 0.3) is 5.88 Å². The number of halogens is 4. The Balaban J connectivity index is 0.00000300. The highest BCUT2D eigenvalue weighted by Crippen LogP contribution is 2.35. The lowest BCUT2D eigenvalue weighted by Crippen LogP contribution is -2.41. The van der Waals surface area contributed by atoms with E-state index < -0.39 is 17.8 Å². The summed E-state index contributed by atoms with van der Waals surface area (Å²) in [5.41, 5.74) is 0.386. The number of carbonyl (C=O) groups excluding carboxylic acids is 1. The first-order valence-electron chi connectivity index (χ1n) is 9.55. The van der Waals surface area contributed by atoms with Crippen molar-refractivity contribution in [3.63, 3.8) is 0 Å². The van der Waals surface area contributed by atoms with E-state index in [1.807, 2.05) is 11.9 Å². The second kappa shape index (κ2) is 9.84. The normalized spacial score (nSPS) is 22.0. The van der Waals surface area contributed by atoms with Crippen LogP contribution in [0.3, 0.4) is 0 Å². The molecule has 1 aliphatic heterocycles. The summed E-state index contributed by atoms with van der Waals surface area (Å²) in [6.07, 6.45) is 0.972. The fourth-order valence-electron chi connectivity index (χ4n) is 3.71. The third kappa shape index (κ3) is 5.88. The zero-order chi connectivity index (χ0) is 20.3. The number of alkyl halides is 2. The van der Waals surface area contributed by atoms with Crippen molar-refractivity contribution in [2.75, 3.05) is 20.7 Å². The smallest absolute Gasteiger partial charge is 0.254 e. The summed E-state index contributed by atoms with van der Waals surface area (Å²) in [6.45, 7) is 0.947. The van der Waals surface area contributed by atoms with Crippen molar-refractivity contribution in [3.05, 3.63) is 17.4 Å². The van der Waals surface area contributed by atoms with Gasteiger partial charge in [-0.25, -0.2) is 13.2 Å². The molecule has 3 rings (SSSR count). The van der Waals surface area contributed by atoms with Crippen LogP contribution in [0.2, 0.25) is 0 Å². The minimum Gasteiger partial charge on any atom is -0.481 e. The molecule has 0 radical (unpaired) electrons. The van der Waals surface area contributed by atoms with Crippen molar-refractivity contribution in [1.29, 1.82) is 0 Å². The molecule has 0 spiro atoms. The molecular weight excluding hydrogens is 411 g/mol. The monoisotopic (exact) mass is 437 g/mol. The summed E-state index contributed by atoms with van der Waals surface area (Å²) in [7, 11) is 3.29. The molecule has 1 N–H and O–H groups in total. The lowest BCUT2D eigenvalue weighted by Gasteiger charge is -2.28. The Morgan fingerprint density at radius 3 is 2.59 bits per heavy atom. The van der Waals surface area contributed by atoms with Gasteiger partial charge in [0.05, 0.1) is 13.2 Å². The van der Waals surface area contributed by atoms with Gasteiger partial charge in [0.1, 0.15) is 6.10 Å². The Hall–Kier alpha value is -1.74. The summed E-state index contributed by atoms with van der Waals surface area (Å²) in [6, 6.07) is 1.02. The summed E-state index contributed by atoms with van der Waals surface area (Å²) in [5.74, 6) is -3.64. The number of likely N-dealkylation sites (tertiary alicyclic amines) is 1. The van der Waals surface area contributed by atoms with Crippen LogP contribution in [0.15, 0.2) is 6.07 Å². The maximum Gasteiger partial charge on any atom is 0.254 e. The zero-order valence-corrected chi connectivity index (χ0v) is 17.4. The van der Waals surface area contributed by atoms with Gasteiger partial charge >= 0.3 is 0 Å². The van der Waals surface area contributed by atoms with E-state index >= 15 is 0 Å². The van der Waals surface area contributed by atoms with E-state index in [1.165, 1.54) is 13.2 Å². The molecular formula is C19H27ClF3N3O3. The number of hydrogen-bond donors (Lipinski definition) is 1. The van der Waals surface area contributed by atoms with Crippen molar-refractivity contribution in [3.8, 4) is 11.8 Å². The standard InChI is InChI=1S/C19H26F3N3O3.ClH/c1-25-9-3-4-15(25)16(26)23-11-12-10-14(20)18(24-17(12)27-2)28-13-5-7-19(21,22)8-6-13;/h10,13,15H,3-9,11H2,1-2H3,(H,23,26);1H/t15-;/m1./s1. The van der Waals surface area contributed by atoms with Crippen molar-refractivity contribution in [2.45, 2.75) is 63.1 Å². The second-order valence-corrected chi connectivity index (χ2v) is 7.47. The van der Waals surface area contributed by atoms with Crippen LogP contribution < -0.4 is 14.8 Å². The first kappa shape index (κ1) is 23.5. The van der Waals surface area contributed by atoms with E-state index in [9.17, 15) is 18.0 Å². The molecule has 1 aliphatic carbocycles. The van der Waals surface area contributed by atoms with Gasteiger partial charge in [-0.1, -0.05) is 0 Å². The number of amides is 1. The summed E-state index contributed by atoms with van der Waals surface area (Å²) >= 11 is 0. The molecule has 2 aliphatic rings. The number of carbonyl (C=O) groups is 1. The van der Waals surface area contributed by atoms with Gasteiger partial charge in [0, 0.05) is 24.9 Å². The lowest BCUT2D eigenvalue weighted by atomic mass is 9.94. The molecule has 10 heteroatoms. The molecule has 2 heterocycles. The van der Waals surface area contributed by atoms with Crippen LogP contribution in [-0.2, 0) is 11.3 Å². The van der Waals surface area contributed by atoms with E-state index in [0.29, 0.717) is 5.56 Å². The van der Waals surface area contributed by atoms with E-state index in [0.717, 1.165) is 19.4 Å². The maximum atomic E-state index is 14.4. The van der Waals surface area contributed by atoms with Crippen molar-refractivity contribution < 1.29 is 27.4 Å². The highest BCUT2D eigenvalue weighted by Gasteiger charge is 2.36. The van der Waals surface area contributed by atoms with E-state index in [2.05, 4.69) is 10.3 Å². The Kier molecular flexibility index (Phi) is 7.99. The minimum absolute atomic E-state index is 0. The predicted octanol–water partition coefficient (Wildman–Crippen LogP) is 3.32. The number of ether oxygens (including phenoxy) is 2.